The third kappa shape index (κ3) is 2.65. The number of aromatic nitrogens is 2. The monoisotopic (exact) mass is 350 g/mol. The summed E-state index contributed by atoms with van der Waals surface area (Å²) in [7, 11) is 0. The first kappa shape index (κ1) is 16.1. The summed E-state index contributed by atoms with van der Waals surface area (Å²) in [4.78, 5) is 12.7. The van der Waals surface area contributed by atoms with E-state index in [1.165, 1.54) is 17.7 Å². The molecule has 26 heavy (non-hydrogen) atoms. The zero-order valence-electron chi connectivity index (χ0n) is 15.1. The molecule has 3 aliphatic rings. The standard InChI is InChI=1S/C21H26N4O/c26-20(17-13-21(17)9-11-22-12-10-21)23-14-18-16-7-4-8-19(16)25(24-18)15-5-2-1-3-6-15/h1-3,5-6,17,22H,4,7-14H2,(H,23,26). The maximum absolute atomic E-state index is 12.7. The van der Waals surface area contributed by atoms with Gasteiger partial charge in [-0.2, -0.15) is 5.10 Å². The Labute approximate surface area is 154 Å². The number of carbonyl (C=O) groups excluding carboxylic acids is 1. The van der Waals surface area contributed by atoms with Crippen molar-refractivity contribution in [3.63, 3.8) is 0 Å². The third-order valence-corrected chi connectivity index (χ3v) is 6.55. The van der Waals surface area contributed by atoms with E-state index in [2.05, 4.69) is 27.4 Å². The number of nitrogens with zero attached hydrogens (tertiary/aromatic N) is 2. The summed E-state index contributed by atoms with van der Waals surface area (Å²) in [5.74, 6) is 0.446. The lowest BCUT2D eigenvalue weighted by Gasteiger charge is -2.23. The van der Waals surface area contributed by atoms with E-state index in [1.807, 2.05) is 18.2 Å². The molecule has 1 spiro atoms. The third-order valence-electron chi connectivity index (χ3n) is 6.55. The zero-order chi connectivity index (χ0) is 17.6. The van der Waals surface area contributed by atoms with Gasteiger partial charge in [0, 0.05) is 11.6 Å². The summed E-state index contributed by atoms with van der Waals surface area (Å²) in [6.07, 6.45) is 6.68. The smallest absolute Gasteiger partial charge is 0.224 e. The Morgan fingerprint density at radius 1 is 1.23 bits per heavy atom. The van der Waals surface area contributed by atoms with Gasteiger partial charge in [-0.25, -0.2) is 4.68 Å². The van der Waals surface area contributed by atoms with Crippen molar-refractivity contribution in [1.29, 1.82) is 0 Å². The molecule has 2 heterocycles. The SMILES string of the molecule is O=C(NCc1nn(-c2ccccc2)c2c1CCC2)C1CC12CCNCC2. The van der Waals surface area contributed by atoms with Crippen molar-refractivity contribution in [2.45, 2.75) is 45.1 Å². The fourth-order valence-corrected chi connectivity index (χ4v) is 4.93. The quantitative estimate of drug-likeness (QED) is 0.890. The molecule has 0 bridgehead atoms. The van der Waals surface area contributed by atoms with Crippen LogP contribution in [0.15, 0.2) is 30.3 Å². The van der Waals surface area contributed by atoms with Gasteiger partial charge < -0.3 is 10.6 Å². The minimum absolute atomic E-state index is 0.217. The summed E-state index contributed by atoms with van der Waals surface area (Å²) >= 11 is 0. The minimum Gasteiger partial charge on any atom is -0.350 e. The molecule has 1 unspecified atom stereocenters. The molecule has 1 amide bonds. The van der Waals surface area contributed by atoms with Crippen LogP contribution < -0.4 is 10.6 Å². The molecule has 136 valence electrons. The number of amides is 1. The average Bonchev–Trinajstić information content (AvgIpc) is 3.04. The van der Waals surface area contributed by atoms with Crippen molar-refractivity contribution in [2.75, 3.05) is 13.1 Å². The lowest BCUT2D eigenvalue weighted by Crippen LogP contribution is -2.33. The molecule has 1 saturated carbocycles. The average molecular weight is 350 g/mol. The van der Waals surface area contributed by atoms with E-state index in [0.29, 0.717) is 12.0 Å². The molecule has 2 aliphatic carbocycles. The summed E-state index contributed by atoms with van der Waals surface area (Å²) < 4.78 is 2.08. The first-order valence-corrected chi connectivity index (χ1v) is 9.90. The number of nitrogens with one attached hydrogen (secondary N) is 2. The number of carbonyl (C=O) groups is 1. The summed E-state index contributed by atoms with van der Waals surface area (Å²) in [5.41, 5.74) is 5.12. The minimum atomic E-state index is 0.217. The molecule has 1 atom stereocenters. The van der Waals surface area contributed by atoms with Gasteiger partial charge in [0.1, 0.15) is 0 Å². The molecule has 5 rings (SSSR count). The first-order chi connectivity index (χ1) is 12.8. The molecule has 5 heteroatoms. The van der Waals surface area contributed by atoms with Gasteiger partial charge in [0.05, 0.1) is 17.9 Å². The molecule has 1 saturated heterocycles. The van der Waals surface area contributed by atoms with Gasteiger partial charge in [0.15, 0.2) is 0 Å². The molecule has 0 radical (unpaired) electrons. The molecular formula is C21H26N4O. The molecule has 1 aliphatic heterocycles. The summed E-state index contributed by atoms with van der Waals surface area (Å²) in [6, 6.07) is 10.3. The highest BCUT2D eigenvalue weighted by Gasteiger charge is 2.57. The lowest BCUT2D eigenvalue weighted by atomic mass is 9.92. The van der Waals surface area contributed by atoms with Crippen molar-refractivity contribution in [3.05, 3.63) is 47.3 Å². The van der Waals surface area contributed by atoms with Crippen LogP contribution in [-0.2, 0) is 24.2 Å². The Balaban J connectivity index is 1.30. The number of para-hydroxylation sites is 1. The summed E-state index contributed by atoms with van der Waals surface area (Å²) in [6.45, 7) is 2.67. The highest BCUT2D eigenvalue weighted by Crippen LogP contribution is 2.58. The second kappa shape index (κ2) is 6.23. The predicted molar refractivity (Wildman–Crippen MR) is 100 cm³/mol. The van der Waals surface area contributed by atoms with Crippen LogP contribution in [0.1, 0.15) is 42.6 Å². The Bertz CT molecular complexity index is 820. The molecule has 1 aromatic heterocycles. The van der Waals surface area contributed by atoms with Crippen molar-refractivity contribution in [3.8, 4) is 5.69 Å². The fraction of sp³-hybridized carbons (Fsp3) is 0.524. The van der Waals surface area contributed by atoms with Crippen LogP contribution in [-0.4, -0.2) is 28.8 Å². The number of piperidine rings is 1. The van der Waals surface area contributed by atoms with Crippen molar-refractivity contribution in [1.82, 2.24) is 20.4 Å². The fourth-order valence-electron chi connectivity index (χ4n) is 4.93. The van der Waals surface area contributed by atoms with Crippen molar-refractivity contribution < 1.29 is 4.79 Å². The van der Waals surface area contributed by atoms with Gasteiger partial charge in [0.25, 0.3) is 0 Å². The lowest BCUT2D eigenvalue weighted by molar-refractivity contribution is -0.123. The van der Waals surface area contributed by atoms with Crippen molar-refractivity contribution in [2.24, 2.45) is 11.3 Å². The second-order valence-electron chi connectivity index (χ2n) is 8.06. The number of rotatable bonds is 4. The number of fused-ring (bicyclic) bond motifs is 1. The molecule has 5 nitrogen and oxygen atoms in total. The Hall–Kier alpha value is -2.14. The van der Waals surface area contributed by atoms with Crippen LogP contribution in [0.4, 0.5) is 0 Å². The maximum atomic E-state index is 12.7. The molecule has 1 aromatic carbocycles. The van der Waals surface area contributed by atoms with Gasteiger partial charge in [-0.15, -0.1) is 0 Å². The largest absolute Gasteiger partial charge is 0.350 e. The zero-order valence-corrected chi connectivity index (χ0v) is 15.1. The molecular weight excluding hydrogens is 324 g/mol. The van der Waals surface area contributed by atoms with E-state index in [9.17, 15) is 4.79 Å². The van der Waals surface area contributed by atoms with E-state index in [1.54, 1.807) is 0 Å². The second-order valence-corrected chi connectivity index (χ2v) is 8.06. The van der Waals surface area contributed by atoms with E-state index in [0.717, 1.165) is 56.6 Å². The highest BCUT2D eigenvalue weighted by molar-refractivity contribution is 5.82. The Morgan fingerprint density at radius 3 is 2.85 bits per heavy atom. The van der Waals surface area contributed by atoms with Crippen molar-refractivity contribution >= 4 is 5.91 Å². The maximum Gasteiger partial charge on any atom is 0.224 e. The van der Waals surface area contributed by atoms with Crippen LogP contribution in [0, 0.1) is 11.3 Å². The van der Waals surface area contributed by atoms with Gasteiger partial charge in [-0.1, -0.05) is 18.2 Å². The Kier molecular flexibility index (Phi) is 3.85. The normalized spacial score (nSPS) is 23.0. The van der Waals surface area contributed by atoms with E-state index in [4.69, 9.17) is 5.10 Å². The number of hydrogen-bond acceptors (Lipinski definition) is 3. The van der Waals surface area contributed by atoms with Gasteiger partial charge >= 0.3 is 0 Å². The van der Waals surface area contributed by atoms with Crippen LogP contribution in [0.2, 0.25) is 0 Å². The Morgan fingerprint density at radius 2 is 2.04 bits per heavy atom. The highest BCUT2D eigenvalue weighted by atomic mass is 16.2. The van der Waals surface area contributed by atoms with Crippen LogP contribution in [0.5, 0.6) is 0 Å². The van der Waals surface area contributed by atoms with Crippen LogP contribution in [0.3, 0.4) is 0 Å². The van der Waals surface area contributed by atoms with Gasteiger partial charge in [0.2, 0.25) is 5.91 Å². The van der Waals surface area contributed by atoms with Crippen LogP contribution >= 0.6 is 0 Å². The first-order valence-electron chi connectivity index (χ1n) is 9.90. The van der Waals surface area contributed by atoms with Gasteiger partial charge in [-0.05, 0) is 74.7 Å². The topological polar surface area (TPSA) is 59.0 Å². The van der Waals surface area contributed by atoms with Crippen LogP contribution in [0.25, 0.3) is 5.69 Å². The van der Waals surface area contributed by atoms with E-state index < -0.39 is 0 Å². The van der Waals surface area contributed by atoms with E-state index in [-0.39, 0.29) is 11.8 Å². The predicted octanol–water partition coefficient (Wildman–Crippen LogP) is 2.37. The molecule has 2 fully saturated rings. The molecule has 2 N–H and O–H groups in total. The van der Waals surface area contributed by atoms with Gasteiger partial charge in [-0.3, -0.25) is 4.79 Å². The number of benzene rings is 1. The summed E-state index contributed by atoms with van der Waals surface area (Å²) in [5, 5.41) is 11.4. The number of hydrogen-bond donors (Lipinski definition) is 2. The van der Waals surface area contributed by atoms with E-state index >= 15 is 0 Å². The molecule has 2 aromatic rings.